The zero-order chi connectivity index (χ0) is 4.41. The molecule has 0 atom stereocenters. The van der Waals surface area contributed by atoms with E-state index in [-0.39, 0.29) is 0 Å². The fourth-order valence-corrected chi connectivity index (χ4v) is 2.60. The average molecular weight is 205 g/mol. The summed E-state index contributed by atoms with van der Waals surface area (Å²) in [7, 11) is 0. The first-order chi connectivity index (χ1) is 2.89. The zero-order valence-electron chi connectivity index (χ0n) is 3.64. The van der Waals surface area contributed by atoms with Gasteiger partial charge in [-0.05, 0) is 0 Å². The summed E-state index contributed by atoms with van der Waals surface area (Å²) >= 11 is 2.63. The van der Waals surface area contributed by atoms with Crippen LogP contribution in [0.3, 0.4) is 0 Å². The van der Waals surface area contributed by atoms with E-state index in [4.69, 9.17) is 0 Å². The molecule has 0 aromatic carbocycles. The summed E-state index contributed by atoms with van der Waals surface area (Å²) in [6, 6.07) is 4.30. The van der Waals surface area contributed by atoms with E-state index in [1.54, 1.807) is 2.89 Å². The second kappa shape index (κ2) is 1.98. The van der Waals surface area contributed by atoms with E-state index in [2.05, 4.69) is 17.5 Å². The summed E-state index contributed by atoms with van der Waals surface area (Å²) in [4.78, 5) is 0. The first kappa shape index (κ1) is 4.65. The Morgan fingerprint density at radius 2 is 2.50 bits per heavy atom. The van der Waals surface area contributed by atoms with E-state index < -0.39 is 0 Å². The molecule has 0 aliphatic rings. The van der Waals surface area contributed by atoms with Crippen molar-refractivity contribution in [1.82, 2.24) is 0 Å². The normalized spacial score (nSPS) is 9.33. The molecule has 0 nitrogen and oxygen atoms in total. The second-order valence-corrected chi connectivity index (χ2v) is 7.52. The van der Waals surface area contributed by atoms with E-state index in [0.29, 0.717) is 0 Å². The van der Waals surface area contributed by atoms with Crippen LogP contribution < -0.4 is 2.89 Å². The van der Waals surface area contributed by atoms with Gasteiger partial charge in [-0.3, -0.25) is 0 Å². The van der Waals surface area contributed by atoms with Gasteiger partial charge in [0.15, 0.2) is 0 Å². The Morgan fingerprint density at radius 3 is 2.67 bits per heavy atom. The van der Waals surface area contributed by atoms with Crippen LogP contribution in [0.25, 0.3) is 0 Å². The van der Waals surface area contributed by atoms with Gasteiger partial charge < -0.3 is 0 Å². The SMILES string of the molecule is [SnH3][c]1cccs1. The van der Waals surface area contributed by atoms with E-state index in [0.717, 1.165) is 22.5 Å². The van der Waals surface area contributed by atoms with Crippen LogP contribution in [-0.2, 0) is 0 Å². The van der Waals surface area contributed by atoms with Gasteiger partial charge in [-0.1, -0.05) is 0 Å². The van der Waals surface area contributed by atoms with Crippen molar-refractivity contribution in [3.05, 3.63) is 17.5 Å². The van der Waals surface area contributed by atoms with Crippen molar-refractivity contribution < 1.29 is 0 Å². The van der Waals surface area contributed by atoms with Gasteiger partial charge in [0.25, 0.3) is 0 Å². The van der Waals surface area contributed by atoms with Crippen molar-refractivity contribution in [2.45, 2.75) is 0 Å². The first-order valence-corrected chi connectivity index (χ1v) is 5.63. The molecule has 0 saturated heterocycles. The molecule has 0 spiro atoms. The minimum atomic E-state index is 0.760. The van der Waals surface area contributed by atoms with Gasteiger partial charge in [0.2, 0.25) is 0 Å². The van der Waals surface area contributed by atoms with E-state index in [9.17, 15) is 0 Å². The number of hydrogen-bond donors (Lipinski definition) is 0. The molecule has 0 radical (unpaired) electrons. The van der Waals surface area contributed by atoms with E-state index in [1.807, 2.05) is 11.3 Å². The summed E-state index contributed by atoms with van der Waals surface area (Å²) in [5.41, 5.74) is 0. The van der Waals surface area contributed by atoms with Crippen LogP contribution in [0.1, 0.15) is 0 Å². The Morgan fingerprint density at radius 1 is 1.67 bits per heavy atom. The van der Waals surface area contributed by atoms with Gasteiger partial charge in [-0.15, -0.1) is 0 Å². The van der Waals surface area contributed by atoms with Crippen molar-refractivity contribution in [2.24, 2.45) is 0 Å². The summed E-state index contributed by atoms with van der Waals surface area (Å²) in [5.74, 6) is 0. The van der Waals surface area contributed by atoms with Crippen LogP contribution in [0.2, 0.25) is 0 Å². The molecule has 6 heavy (non-hydrogen) atoms. The fraction of sp³-hybridized carbons (Fsp3) is 0. The molecule has 32 valence electrons. The molecule has 0 aliphatic heterocycles. The molecule has 0 N–H and O–H groups in total. The molecule has 1 aromatic rings. The van der Waals surface area contributed by atoms with Gasteiger partial charge in [-0.25, -0.2) is 0 Å². The average Bonchev–Trinajstić information content (AvgIpc) is 1.86. The number of hydrogen-bond acceptors (Lipinski definition) is 1. The summed E-state index contributed by atoms with van der Waals surface area (Å²) in [5, 5.41) is 2.13. The third-order valence-corrected chi connectivity index (χ3v) is 4.43. The maximum absolute atomic E-state index is 2.20. The van der Waals surface area contributed by atoms with Crippen LogP contribution in [0.5, 0.6) is 0 Å². The molecular formula is C4H6SSn. The first-order valence-electron chi connectivity index (χ1n) is 1.90. The standard InChI is InChI=1S/C4H3S.Sn.3H/c1-2-4-5-3-1;;;;/h1-3H;;;;. The predicted molar refractivity (Wildman–Crippen MR) is 33.9 cm³/mol. The van der Waals surface area contributed by atoms with Gasteiger partial charge >= 0.3 is 54.3 Å². The Bertz CT molecular complexity index is 111. The predicted octanol–water partition coefficient (Wildman–Crippen LogP) is -0.261. The molecule has 1 rings (SSSR count). The minimum absolute atomic E-state index is 0.760. The van der Waals surface area contributed by atoms with E-state index in [1.165, 1.54) is 0 Å². The third-order valence-electron chi connectivity index (χ3n) is 0.663. The van der Waals surface area contributed by atoms with Crippen molar-refractivity contribution in [3.63, 3.8) is 0 Å². The van der Waals surface area contributed by atoms with Crippen molar-refractivity contribution in [1.29, 1.82) is 0 Å². The Balaban J connectivity index is 3.05. The molecule has 2 heteroatoms. The zero-order valence-corrected chi connectivity index (χ0v) is 10.2. The van der Waals surface area contributed by atoms with Crippen LogP contribution >= 0.6 is 11.3 Å². The van der Waals surface area contributed by atoms with Crippen LogP contribution in [0.4, 0.5) is 0 Å². The number of rotatable bonds is 0. The van der Waals surface area contributed by atoms with Crippen molar-refractivity contribution in [3.8, 4) is 0 Å². The third kappa shape index (κ3) is 0.979. The maximum atomic E-state index is 2.20. The topological polar surface area (TPSA) is 0 Å². The van der Waals surface area contributed by atoms with Crippen LogP contribution in [-0.4, -0.2) is 22.5 Å². The molecule has 0 unspecified atom stereocenters. The molecule has 0 aliphatic carbocycles. The molecular weight excluding hydrogens is 199 g/mol. The van der Waals surface area contributed by atoms with Crippen LogP contribution in [0.15, 0.2) is 17.5 Å². The van der Waals surface area contributed by atoms with Gasteiger partial charge in [0, 0.05) is 0 Å². The summed E-state index contributed by atoms with van der Waals surface area (Å²) < 4.78 is 1.59. The van der Waals surface area contributed by atoms with Crippen molar-refractivity contribution in [2.75, 3.05) is 0 Å². The second-order valence-electron chi connectivity index (χ2n) is 1.22. The molecule has 1 heterocycles. The van der Waals surface area contributed by atoms with Crippen LogP contribution in [0, 0.1) is 0 Å². The Labute approximate surface area is 54.3 Å². The molecule has 0 amide bonds. The quantitative estimate of drug-likeness (QED) is 0.511. The number of thiophene rings is 1. The van der Waals surface area contributed by atoms with E-state index >= 15 is 0 Å². The van der Waals surface area contributed by atoms with Gasteiger partial charge in [0.05, 0.1) is 0 Å². The van der Waals surface area contributed by atoms with Gasteiger partial charge in [0.1, 0.15) is 0 Å². The molecule has 1 aromatic heterocycles. The Hall–Kier alpha value is 0.499. The fourth-order valence-electron chi connectivity index (χ4n) is 0.361. The summed E-state index contributed by atoms with van der Waals surface area (Å²) in [6.07, 6.45) is 0. The molecule has 0 bridgehead atoms. The van der Waals surface area contributed by atoms with Crippen molar-refractivity contribution >= 4 is 36.8 Å². The molecule has 0 saturated carbocycles. The Kier molecular flexibility index (Phi) is 1.53. The van der Waals surface area contributed by atoms with Gasteiger partial charge in [-0.2, -0.15) is 0 Å². The molecule has 0 fully saturated rings. The summed E-state index contributed by atoms with van der Waals surface area (Å²) in [6.45, 7) is 0. The monoisotopic (exact) mass is 206 g/mol.